The molecule has 4 heterocycles. The first-order chi connectivity index (χ1) is 16.3. The summed E-state index contributed by atoms with van der Waals surface area (Å²) in [5, 5.41) is 6.57. The average molecular weight is 469 g/mol. The number of rotatable bonds is 4. The summed E-state index contributed by atoms with van der Waals surface area (Å²) < 4.78 is 18.5. The van der Waals surface area contributed by atoms with Gasteiger partial charge in [-0.05, 0) is 26.0 Å². The van der Waals surface area contributed by atoms with Crippen LogP contribution in [0.25, 0.3) is 11.2 Å². The molecule has 10 nitrogen and oxygen atoms in total. The van der Waals surface area contributed by atoms with E-state index in [-0.39, 0.29) is 17.4 Å². The lowest BCUT2D eigenvalue weighted by molar-refractivity contribution is 0.261. The van der Waals surface area contributed by atoms with E-state index in [1.165, 1.54) is 17.7 Å². The zero-order chi connectivity index (χ0) is 24.1. The van der Waals surface area contributed by atoms with E-state index in [4.69, 9.17) is 5.10 Å². The highest BCUT2D eigenvalue weighted by atomic mass is 19.1. The van der Waals surface area contributed by atoms with Crippen LogP contribution in [0.1, 0.15) is 19.9 Å². The number of halogens is 1. The Bertz CT molecular complexity index is 1400. The van der Waals surface area contributed by atoms with Crippen molar-refractivity contribution < 1.29 is 4.39 Å². The molecule has 1 saturated heterocycles. The molecule has 180 valence electrons. The number of hydrazone groups is 1. The van der Waals surface area contributed by atoms with Crippen LogP contribution in [-0.4, -0.2) is 68.6 Å². The highest BCUT2D eigenvalue weighted by molar-refractivity contribution is 5.91. The topological polar surface area (TPSA) is 83.9 Å². The number of piperazine rings is 1. The molecule has 2 aliphatic heterocycles. The molecule has 11 heteroatoms. The van der Waals surface area contributed by atoms with Gasteiger partial charge in [0.05, 0.1) is 24.0 Å². The van der Waals surface area contributed by atoms with Gasteiger partial charge < -0.3 is 4.90 Å². The van der Waals surface area contributed by atoms with Crippen LogP contribution in [-0.2, 0) is 14.1 Å². The Labute approximate surface area is 196 Å². The molecule has 1 atom stereocenters. The molecule has 3 aromatic rings. The van der Waals surface area contributed by atoms with Crippen LogP contribution in [0.15, 0.2) is 39.0 Å². The zero-order valence-corrected chi connectivity index (χ0v) is 19.9. The van der Waals surface area contributed by atoms with Crippen LogP contribution >= 0.6 is 0 Å². The van der Waals surface area contributed by atoms with Crippen LogP contribution in [0.4, 0.5) is 16.0 Å². The molecule has 0 bridgehead atoms. The van der Waals surface area contributed by atoms with Gasteiger partial charge in [-0.25, -0.2) is 14.2 Å². The van der Waals surface area contributed by atoms with Crippen molar-refractivity contribution in [3.63, 3.8) is 0 Å². The molecule has 34 heavy (non-hydrogen) atoms. The number of anilines is 2. The van der Waals surface area contributed by atoms with Gasteiger partial charge in [-0.3, -0.25) is 23.4 Å². The SMILES string of the molecule is CC1=NN(CCN2CCN(c3ccccc3F)CC2)c2nc3c(c(=O)n(C)c(=O)n3C)n2[C@H]1C. The van der Waals surface area contributed by atoms with Crippen LogP contribution in [0.5, 0.6) is 0 Å². The summed E-state index contributed by atoms with van der Waals surface area (Å²) in [6, 6.07) is 6.73. The minimum Gasteiger partial charge on any atom is -0.367 e. The maximum absolute atomic E-state index is 14.1. The number of fused-ring (bicyclic) bond motifs is 3. The molecule has 0 radical (unpaired) electrons. The van der Waals surface area contributed by atoms with E-state index in [2.05, 4.69) is 14.8 Å². The van der Waals surface area contributed by atoms with Crippen molar-refractivity contribution in [2.75, 3.05) is 49.2 Å². The third kappa shape index (κ3) is 3.51. The second-order valence-corrected chi connectivity index (χ2v) is 8.98. The van der Waals surface area contributed by atoms with Crippen LogP contribution < -0.4 is 21.2 Å². The molecule has 0 spiro atoms. The summed E-state index contributed by atoms with van der Waals surface area (Å²) in [5.41, 5.74) is 1.52. The second kappa shape index (κ2) is 8.39. The quantitative estimate of drug-likeness (QED) is 0.571. The molecule has 0 amide bonds. The van der Waals surface area contributed by atoms with E-state index < -0.39 is 5.69 Å². The van der Waals surface area contributed by atoms with Crippen molar-refractivity contribution in [1.29, 1.82) is 0 Å². The van der Waals surface area contributed by atoms with Gasteiger partial charge in [0.25, 0.3) is 5.56 Å². The van der Waals surface area contributed by atoms with Gasteiger partial charge in [0.2, 0.25) is 5.95 Å². The van der Waals surface area contributed by atoms with Gasteiger partial charge in [-0.2, -0.15) is 10.1 Å². The third-order valence-electron chi connectivity index (χ3n) is 6.97. The molecule has 5 rings (SSSR count). The Morgan fingerprint density at radius 2 is 1.74 bits per heavy atom. The monoisotopic (exact) mass is 468 g/mol. The van der Waals surface area contributed by atoms with Crippen LogP contribution in [0.3, 0.4) is 0 Å². The predicted octanol–water partition coefficient (Wildman–Crippen LogP) is 1.15. The summed E-state index contributed by atoms with van der Waals surface area (Å²) in [7, 11) is 3.11. The minimum absolute atomic E-state index is 0.147. The Morgan fingerprint density at radius 3 is 2.44 bits per heavy atom. The van der Waals surface area contributed by atoms with E-state index in [0.29, 0.717) is 29.3 Å². The number of hydrogen-bond donors (Lipinski definition) is 0. The minimum atomic E-state index is -0.405. The molecular formula is C23H29FN8O2. The van der Waals surface area contributed by atoms with E-state index >= 15 is 0 Å². The molecule has 1 aromatic carbocycles. The number of imidazole rings is 1. The highest BCUT2D eigenvalue weighted by Crippen LogP contribution is 2.29. The lowest BCUT2D eigenvalue weighted by Gasteiger charge is -2.37. The molecular weight excluding hydrogens is 439 g/mol. The standard InChI is InChI=1S/C23H29FN8O2/c1-15-16(2)32-19-20(27(3)23(34)28(4)21(19)33)25-22(32)31(26-15)14-11-29-9-12-30(13-10-29)18-8-6-5-7-17(18)24/h5-8,16H,9-14H2,1-4H3/t16-/m0/s1. The number of para-hydroxylation sites is 1. The third-order valence-corrected chi connectivity index (χ3v) is 6.97. The van der Waals surface area contributed by atoms with E-state index in [0.717, 1.165) is 43.0 Å². The zero-order valence-electron chi connectivity index (χ0n) is 19.9. The Hall–Kier alpha value is -3.47. The lowest BCUT2D eigenvalue weighted by Crippen LogP contribution is -2.49. The van der Waals surface area contributed by atoms with Crippen molar-refractivity contribution in [3.8, 4) is 0 Å². The largest absolute Gasteiger partial charge is 0.367 e. The number of aromatic nitrogens is 4. The first kappa shape index (κ1) is 22.3. The van der Waals surface area contributed by atoms with Crippen molar-refractivity contribution in [1.82, 2.24) is 23.6 Å². The molecule has 0 aliphatic carbocycles. The van der Waals surface area contributed by atoms with E-state index in [9.17, 15) is 14.0 Å². The molecule has 2 aliphatic rings. The van der Waals surface area contributed by atoms with Gasteiger partial charge in [0.15, 0.2) is 11.2 Å². The van der Waals surface area contributed by atoms with Gasteiger partial charge >= 0.3 is 5.69 Å². The van der Waals surface area contributed by atoms with E-state index in [1.807, 2.05) is 35.6 Å². The van der Waals surface area contributed by atoms with Crippen molar-refractivity contribution >= 4 is 28.5 Å². The fourth-order valence-corrected chi connectivity index (χ4v) is 4.76. The summed E-state index contributed by atoms with van der Waals surface area (Å²) >= 11 is 0. The maximum atomic E-state index is 14.1. The number of aryl methyl sites for hydroxylation is 1. The van der Waals surface area contributed by atoms with Crippen LogP contribution in [0, 0.1) is 5.82 Å². The Morgan fingerprint density at radius 1 is 1.03 bits per heavy atom. The van der Waals surface area contributed by atoms with Gasteiger partial charge in [-0.1, -0.05) is 12.1 Å². The molecule has 0 N–H and O–H groups in total. The summed E-state index contributed by atoms with van der Waals surface area (Å²) in [6.07, 6.45) is 0. The smallest absolute Gasteiger partial charge is 0.332 e. The average Bonchev–Trinajstić information content (AvgIpc) is 3.25. The maximum Gasteiger partial charge on any atom is 0.332 e. The fraction of sp³-hybridized carbons (Fsp3) is 0.478. The normalized spacial score (nSPS) is 19.0. The predicted molar refractivity (Wildman–Crippen MR) is 130 cm³/mol. The van der Waals surface area contributed by atoms with Gasteiger partial charge in [0, 0.05) is 46.8 Å². The Balaban J connectivity index is 1.36. The summed E-state index contributed by atoms with van der Waals surface area (Å²) in [4.78, 5) is 34.5. The number of nitrogens with zero attached hydrogens (tertiary/aromatic N) is 8. The van der Waals surface area contributed by atoms with Crippen molar-refractivity contribution in [2.24, 2.45) is 19.2 Å². The van der Waals surface area contributed by atoms with Crippen LogP contribution in [0.2, 0.25) is 0 Å². The molecule has 1 fully saturated rings. The first-order valence-electron chi connectivity index (χ1n) is 11.5. The lowest BCUT2D eigenvalue weighted by atomic mass is 10.2. The number of benzene rings is 1. The van der Waals surface area contributed by atoms with Gasteiger partial charge in [-0.15, -0.1) is 0 Å². The second-order valence-electron chi connectivity index (χ2n) is 8.98. The van der Waals surface area contributed by atoms with E-state index in [1.54, 1.807) is 13.1 Å². The van der Waals surface area contributed by atoms with Crippen molar-refractivity contribution in [2.45, 2.75) is 19.9 Å². The summed E-state index contributed by atoms with van der Waals surface area (Å²) in [5.74, 6) is 0.374. The fourth-order valence-electron chi connectivity index (χ4n) is 4.76. The highest BCUT2D eigenvalue weighted by Gasteiger charge is 2.30. The first-order valence-corrected chi connectivity index (χ1v) is 11.5. The number of hydrogen-bond acceptors (Lipinski definition) is 7. The van der Waals surface area contributed by atoms with Gasteiger partial charge in [0.1, 0.15) is 5.82 Å². The Kier molecular flexibility index (Phi) is 5.51. The molecule has 0 saturated carbocycles. The molecule has 2 aromatic heterocycles. The molecule has 0 unspecified atom stereocenters. The summed E-state index contributed by atoms with van der Waals surface area (Å²) in [6.45, 7) is 8.37. The van der Waals surface area contributed by atoms with Crippen molar-refractivity contribution in [3.05, 3.63) is 50.9 Å².